The van der Waals surface area contributed by atoms with Gasteiger partial charge in [0.2, 0.25) is 0 Å². The third kappa shape index (κ3) is 3.54. The molecule has 0 N–H and O–H groups in total. The van der Waals surface area contributed by atoms with Gasteiger partial charge in [-0.15, -0.1) is 5.10 Å². The van der Waals surface area contributed by atoms with Gasteiger partial charge >= 0.3 is 0 Å². The topological polar surface area (TPSA) is 35.6 Å². The van der Waals surface area contributed by atoms with Gasteiger partial charge in [0.05, 0.1) is 6.20 Å². The molecule has 132 valence electrons. The van der Waals surface area contributed by atoms with Crippen LogP contribution in [-0.2, 0) is 19.5 Å². The van der Waals surface area contributed by atoms with Gasteiger partial charge in [0, 0.05) is 30.4 Å². The lowest BCUT2D eigenvalue weighted by Crippen LogP contribution is -2.03. The molecular formula is C22H24N4. The molecule has 2 aromatic carbocycles. The zero-order valence-corrected chi connectivity index (χ0v) is 15.2. The fraction of sp³-hybridized carbons (Fsp3) is 0.273. The van der Waals surface area contributed by atoms with Gasteiger partial charge in [0.1, 0.15) is 5.69 Å². The first kappa shape index (κ1) is 16.6. The van der Waals surface area contributed by atoms with Crippen LogP contribution in [0.1, 0.15) is 25.3 Å². The van der Waals surface area contributed by atoms with Crippen molar-refractivity contribution in [2.24, 2.45) is 0 Å². The lowest BCUT2D eigenvalue weighted by atomic mass is 10.1. The maximum Gasteiger partial charge on any atom is 0.113 e. The Morgan fingerprint density at radius 2 is 1.77 bits per heavy atom. The van der Waals surface area contributed by atoms with Crippen molar-refractivity contribution in [1.82, 2.24) is 19.6 Å². The van der Waals surface area contributed by atoms with Crippen molar-refractivity contribution in [3.05, 3.63) is 72.6 Å². The Balaban J connectivity index is 1.37. The molecule has 2 heterocycles. The van der Waals surface area contributed by atoms with Gasteiger partial charge in [0.25, 0.3) is 0 Å². The predicted molar refractivity (Wildman–Crippen MR) is 106 cm³/mol. The molecular weight excluding hydrogens is 320 g/mol. The Morgan fingerprint density at radius 1 is 0.923 bits per heavy atom. The van der Waals surface area contributed by atoms with E-state index in [1.807, 2.05) is 10.9 Å². The zero-order chi connectivity index (χ0) is 17.8. The summed E-state index contributed by atoms with van der Waals surface area (Å²) in [6.45, 7) is 4.05. The lowest BCUT2D eigenvalue weighted by molar-refractivity contribution is 0.520. The number of fused-ring (bicyclic) bond motifs is 1. The summed E-state index contributed by atoms with van der Waals surface area (Å²) in [5, 5.41) is 9.92. The first-order valence-corrected chi connectivity index (χ1v) is 9.37. The Hall–Kier alpha value is -2.88. The second kappa shape index (κ2) is 7.56. The van der Waals surface area contributed by atoms with Crippen LogP contribution in [0.5, 0.6) is 0 Å². The summed E-state index contributed by atoms with van der Waals surface area (Å²) in [7, 11) is 0. The fourth-order valence-electron chi connectivity index (χ4n) is 3.41. The van der Waals surface area contributed by atoms with E-state index in [0.29, 0.717) is 0 Å². The second-order valence-corrected chi connectivity index (χ2v) is 6.74. The van der Waals surface area contributed by atoms with Gasteiger partial charge in [-0.25, -0.2) is 0 Å². The maximum atomic E-state index is 4.33. The molecule has 0 aliphatic carbocycles. The summed E-state index contributed by atoms with van der Waals surface area (Å²) in [4.78, 5) is 0. The molecule has 2 aromatic heterocycles. The lowest BCUT2D eigenvalue weighted by Gasteiger charge is -2.05. The number of aromatic nitrogens is 4. The van der Waals surface area contributed by atoms with Crippen LogP contribution in [0, 0.1) is 0 Å². The van der Waals surface area contributed by atoms with E-state index >= 15 is 0 Å². The van der Waals surface area contributed by atoms with Crippen LogP contribution in [0.2, 0.25) is 0 Å². The van der Waals surface area contributed by atoms with Crippen LogP contribution >= 0.6 is 0 Å². The standard InChI is InChI=1S/C22H24N4/c1-2-6-18-9-11-19(12-10-18)21-17-26(24-23-21)15-5-14-25-16-13-20-7-3-4-8-22(20)25/h3-4,7-13,16-17H,2,5-6,14-15H2,1H3. The average Bonchev–Trinajstić information content (AvgIpc) is 3.30. The van der Waals surface area contributed by atoms with E-state index in [2.05, 4.69) is 82.6 Å². The van der Waals surface area contributed by atoms with Gasteiger partial charge in [-0.05, 0) is 35.9 Å². The van der Waals surface area contributed by atoms with Crippen molar-refractivity contribution in [3.8, 4) is 11.3 Å². The number of rotatable bonds is 7. The Kier molecular flexibility index (Phi) is 4.82. The molecule has 0 radical (unpaired) electrons. The number of nitrogens with zero attached hydrogens (tertiary/aromatic N) is 4. The minimum atomic E-state index is 0.868. The van der Waals surface area contributed by atoms with E-state index < -0.39 is 0 Å². The fourth-order valence-corrected chi connectivity index (χ4v) is 3.41. The van der Waals surface area contributed by atoms with E-state index in [1.54, 1.807) is 0 Å². The molecule has 0 aliphatic heterocycles. The number of benzene rings is 2. The molecule has 4 rings (SSSR count). The minimum Gasteiger partial charge on any atom is -0.347 e. The van der Waals surface area contributed by atoms with Crippen LogP contribution in [0.3, 0.4) is 0 Å². The van der Waals surface area contributed by atoms with Crippen molar-refractivity contribution in [3.63, 3.8) is 0 Å². The molecule has 0 saturated carbocycles. The third-order valence-corrected chi connectivity index (χ3v) is 4.79. The molecule has 0 unspecified atom stereocenters. The molecule has 0 fully saturated rings. The first-order chi connectivity index (χ1) is 12.8. The summed E-state index contributed by atoms with van der Waals surface area (Å²) in [6, 6.07) is 19.3. The highest BCUT2D eigenvalue weighted by Gasteiger charge is 2.05. The second-order valence-electron chi connectivity index (χ2n) is 6.74. The molecule has 0 aliphatic rings. The van der Waals surface area contributed by atoms with Crippen molar-refractivity contribution >= 4 is 10.9 Å². The Labute approximate surface area is 154 Å². The van der Waals surface area contributed by atoms with E-state index in [-0.39, 0.29) is 0 Å². The van der Waals surface area contributed by atoms with Crippen LogP contribution in [0.4, 0.5) is 0 Å². The van der Waals surface area contributed by atoms with Crippen molar-refractivity contribution < 1.29 is 0 Å². The van der Waals surface area contributed by atoms with Crippen molar-refractivity contribution in [2.75, 3.05) is 0 Å². The summed E-state index contributed by atoms with van der Waals surface area (Å²) in [6.07, 6.45) is 7.53. The molecule has 4 nitrogen and oxygen atoms in total. The van der Waals surface area contributed by atoms with Crippen LogP contribution in [-0.4, -0.2) is 19.6 Å². The maximum absolute atomic E-state index is 4.33. The Bertz CT molecular complexity index is 979. The SMILES string of the molecule is CCCc1ccc(-c2cn(CCCn3ccc4ccccc43)nn2)cc1. The summed E-state index contributed by atoms with van der Waals surface area (Å²) >= 11 is 0. The van der Waals surface area contributed by atoms with Crippen LogP contribution < -0.4 is 0 Å². The van der Waals surface area contributed by atoms with Crippen LogP contribution in [0.25, 0.3) is 22.2 Å². The predicted octanol–water partition coefficient (Wildman–Crippen LogP) is 4.94. The van der Waals surface area contributed by atoms with Gasteiger partial charge in [-0.3, -0.25) is 4.68 Å². The third-order valence-electron chi connectivity index (χ3n) is 4.79. The van der Waals surface area contributed by atoms with E-state index in [9.17, 15) is 0 Å². The van der Waals surface area contributed by atoms with E-state index in [0.717, 1.165) is 37.2 Å². The largest absolute Gasteiger partial charge is 0.347 e. The van der Waals surface area contributed by atoms with E-state index in [1.165, 1.54) is 22.9 Å². The number of para-hydroxylation sites is 1. The smallest absolute Gasteiger partial charge is 0.113 e. The molecule has 0 saturated heterocycles. The van der Waals surface area contributed by atoms with Gasteiger partial charge in [-0.1, -0.05) is 61.0 Å². The minimum absolute atomic E-state index is 0.868. The first-order valence-electron chi connectivity index (χ1n) is 9.37. The van der Waals surface area contributed by atoms with Crippen molar-refractivity contribution in [2.45, 2.75) is 39.3 Å². The molecule has 0 bridgehead atoms. The highest BCUT2D eigenvalue weighted by Crippen LogP contribution is 2.18. The molecule has 26 heavy (non-hydrogen) atoms. The molecule has 0 atom stereocenters. The highest BCUT2D eigenvalue weighted by atomic mass is 15.4. The summed E-state index contributed by atoms with van der Waals surface area (Å²) in [5.74, 6) is 0. The number of aryl methyl sites for hydroxylation is 3. The molecule has 0 spiro atoms. The summed E-state index contributed by atoms with van der Waals surface area (Å²) in [5.41, 5.74) is 4.74. The number of hydrogen-bond donors (Lipinski definition) is 0. The monoisotopic (exact) mass is 344 g/mol. The molecule has 0 amide bonds. The quantitative estimate of drug-likeness (QED) is 0.476. The van der Waals surface area contributed by atoms with Gasteiger partial charge in [0.15, 0.2) is 0 Å². The van der Waals surface area contributed by atoms with Crippen LogP contribution in [0.15, 0.2) is 67.0 Å². The number of hydrogen-bond acceptors (Lipinski definition) is 2. The Morgan fingerprint density at radius 3 is 2.62 bits per heavy atom. The highest BCUT2D eigenvalue weighted by molar-refractivity contribution is 5.79. The average molecular weight is 344 g/mol. The zero-order valence-electron chi connectivity index (χ0n) is 15.2. The van der Waals surface area contributed by atoms with Gasteiger partial charge < -0.3 is 4.57 Å². The molecule has 4 heteroatoms. The van der Waals surface area contributed by atoms with Crippen molar-refractivity contribution in [1.29, 1.82) is 0 Å². The normalized spacial score (nSPS) is 11.3. The summed E-state index contributed by atoms with van der Waals surface area (Å²) < 4.78 is 4.25. The van der Waals surface area contributed by atoms with E-state index in [4.69, 9.17) is 0 Å². The van der Waals surface area contributed by atoms with Gasteiger partial charge in [-0.2, -0.15) is 0 Å². The molecule has 4 aromatic rings.